The topological polar surface area (TPSA) is 87.7 Å². The molecular formula is C22H25FN2O4. The first kappa shape index (κ1) is 21.0. The summed E-state index contributed by atoms with van der Waals surface area (Å²) >= 11 is 0. The van der Waals surface area contributed by atoms with Gasteiger partial charge in [-0.05, 0) is 36.6 Å². The van der Waals surface area contributed by atoms with Crippen molar-refractivity contribution in [3.05, 3.63) is 71.5 Å². The van der Waals surface area contributed by atoms with Gasteiger partial charge in [0.2, 0.25) is 5.91 Å². The second-order valence-corrected chi connectivity index (χ2v) is 7.11. The maximum absolute atomic E-state index is 13.3. The molecule has 2 aromatic rings. The molecule has 0 unspecified atom stereocenters. The van der Waals surface area contributed by atoms with E-state index in [1.165, 1.54) is 18.2 Å². The zero-order valence-corrected chi connectivity index (χ0v) is 16.0. The highest BCUT2D eigenvalue weighted by atomic mass is 19.1. The number of hydrogen-bond donors (Lipinski definition) is 3. The van der Waals surface area contributed by atoms with Crippen LogP contribution in [0.25, 0.3) is 0 Å². The summed E-state index contributed by atoms with van der Waals surface area (Å²) in [5.41, 5.74) is 1.22. The Morgan fingerprint density at radius 1 is 1.10 bits per heavy atom. The number of hydrogen-bond acceptors (Lipinski definition) is 4. The number of carbonyl (C=O) groups excluding carboxylic acids is 2. The molecule has 2 amide bonds. The van der Waals surface area contributed by atoms with E-state index >= 15 is 0 Å². The lowest BCUT2D eigenvalue weighted by Crippen LogP contribution is -2.51. The first-order valence-electron chi connectivity index (χ1n) is 9.68. The summed E-state index contributed by atoms with van der Waals surface area (Å²) in [6.45, 7) is 0.165. The number of aliphatic hydroxyl groups excluding tert-OH is 1. The van der Waals surface area contributed by atoms with Crippen molar-refractivity contribution in [2.45, 2.75) is 44.1 Å². The van der Waals surface area contributed by atoms with Crippen molar-refractivity contribution >= 4 is 11.8 Å². The van der Waals surface area contributed by atoms with Crippen LogP contribution in [0.3, 0.4) is 0 Å². The highest BCUT2D eigenvalue weighted by Crippen LogP contribution is 2.22. The van der Waals surface area contributed by atoms with Crippen LogP contribution < -0.4 is 10.6 Å². The lowest BCUT2D eigenvalue weighted by Gasteiger charge is -2.36. The fraction of sp³-hybridized carbons (Fsp3) is 0.364. The van der Waals surface area contributed by atoms with E-state index in [4.69, 9.17) is 4.74 Å². The lowest BCUT2D eigenvalue weighted by molar-refractivity contribution is -0.131. The largest absolute Gasteiger partial charge is 0.394 e. The summed E-state index contributed by atoms with van der Waals surface area (Å²) in [5, 5.41) is 15.3. The molecule has 3 atom stereocenters. The molecule has 1 aliphatic rings. The molecule has 1 aliphatic heterocycles. The molecule has 0 aromatic heterocycles. The van der Waals surface area contributed by atoms with Crippen molar-refractivity contribution in [3.8, 4) is 0 Å². The third-order valence-electron chi connectivity index (χ3n) is 4.94. The second-order valence-electron chi connectivity index (χ2n) is 7.11. The number of nitrogens with one attached hydrogen (secondary N) is 2. The van der Waals surface area contributed by atoms with Crippen LogP contribution in [0.5, 0.6) is 0 Å². The van der Waals surface area contributed by atoms with Crippen LogP contribution >= 0.6 is 0 Å². The maximum Gasteiger partial charge on any atom is 0.251 e. The molecule has 1 heterocycles. The molecule has 6 nitrogen and oxygen atoms in total. The molecule has 0 bridgehead atoms. The second kappa shape index (κ2) is 10.1. The fourth-order valence-corrected chi connectivity index (χ4v) is 3.40. The summed E-state index contributed by atoms with van der Waals surface area (Å²) < 4.78 is 19.1. The van der Waals surface area contributed by atoms with Crippen molar-refractivity contribution in [2.24, 2.45) is 0 Å². The maximum atomic E-state index is 13.3. The normalized spacial score (nSPS) is 21.4. The lowest BCUT2D eigenvalue weighted by atomic mass is 9.96. The number of halogens is 1. The van der Waals surface area contributed by atoms with Crippen molar-refractivity contribution in [1.82, 2.24) is 10.6 Å². The summed E-state index contributed by atoms with van der Waals surface area (Å²) in [6, 6.07) is 14.6. The molecule has 0 aliphatic carbocycles. The number of benzene rings is 2. The number of carbonyl (C=O) groups is 2. The summed E-state index contributed by atoms with van der Waals surface area (Å²) in [4.78, 5) is 24.5. The molecule has 2 aromatic carbocycles. The number of ether oxygens (including phenoxy) is 1. The van der Waals surface area contributed by atoms with Gasteiger partial charge >= 0.3 is 0 Å². The van der Waals surface area contributed by atoms with Crippen LogP contribution in [-0.4, -0.2) is 41.8 Å². The van der Waals surface area contributed by atoms with Crippen molar-refractivity contribution in [2.75, 3.05) is 6.61 Å². The van der Waals surface area contributed by atoms with E-state index < -0.39 is 23.9 Å². The third-order valence-corrected chi connectivity index (χ3v) is 4.94. The molecule has 29 heavy (non-hydrogen) atoms. The molecule has 154 valence electrons. The number of aliphatic hydroxyl groups is 1. The average molecular weight is 400 g/mol. The SMILES string of the molecule is O=C(C[C@H]1CC[C@H](NC(=O)c2cccc(F)c2)[C@H](CO)O1)NCc1ccccc1. The number of amides is 2. The van der Waals surface area contributed by atoms with E-state index in [0.29, 0.717) is 19.4 Å². The van der Waals surface area contributed by atoms with Crippen LogP contribution in [0.15, 0.2) is 54.6 Å². The Labute approximate surface area is 169 Å². The molecule has 3 rings (SSSR count). The standard InChI is InChI=1S/C22H25FN2O4/c23-17-8-4-7-16(11-17)22(28)25-19-10-9-18(29-20(19)14-26)12-21(27)24-13-15-5-2-1-3-6-15/h1-8,11,18-20,26H,9-10,12-14H2,(H,24,27)(H,25,28)/t18-,19+,20+/m1/s1. The van der Waals surface area contributed by atoms with Gasteiger partial charge in [0.1, 0.15) is 11.9 Å². The van der Waals surface area contributed by atoms with E-state index in [0.717, 1.165) is 11.6 Å². The molecule has 7 heteroatoms. The molecule has 1 fully saturated rings. The van der Waals surface area contributed by atoms with Crippen LogP contribution in [-0.2, 0) is 16.1 Å². The predicted octanol–water partition coefficient (Wildman–Crippen LogP) is 2.17. The van der Waals surface area contributed by atoms with Crippen LogP contribution in [0, 0.1) is 5.82 Å². The monoisotopic (exact) mass is 400 g/mol. The Kier molecular flexibility index (Phi) is 7.32. The quantitative estimate of drug-likeness (QED) is 0.665. The minimum absolute atomic E-state index is 0.127. The van der Waals surface area contributed by atoms with Gasteiger partial charge in [-0.15, -0.1) is 0 Å². The van der Waals surface area contributed by atoms with E-state index in [2.05, 4.69) is 10.6 Å². The van der Waals surface area contributed by atoms with E-state index in [1.54, 1.807) is 0 Å². The van der Waals surface area contributed by atoms with Gasteiger partial charge in [-0.2, -0.15) is 0 Å². The van der Waals surface area contributed by atoms with Crippen LogP contribution in [0.1, 0.15) is 35.2 Å². The van der Waals surface area contributed by atoms with Gasteiger partial charge in [-0.3, -0.25) is 9.59 Å². The van der Waals surface area contributed by atoms with Crippen molar-refractivity contribution in [1.29, 1.82) is 0 Å². The first-order valence-corrected chi connectivity index (χ1v) is 9.68. The Morgan fingerprint density at radius 3 is 2.62 bits per heavy atom. The highest BCUT2D eigenvalue weighted by Gasteiger charge is 2.33. The molecular weight excluding hydrogens is 375 g/mol. The fourth-order valence-electron chi connectivity index (χ4n) is 3.40. The van der Waals surface area contributed by atoms with E-state index in [9.17, 15) is 19.1 Å². The predicted molar refractivity (Wildman–Crippen MR) is 106 cm³/mol. The zero-order chi connectivity index (χ0) is 20.6. The molecule has 1 saturated heterocycles. The summed E-state index contributed by atoms with van der Waals surface area (Å²) in [5.74, 6) is -1.04. The molecule has 0 spiro atoms. The van der Waals surface area contributed by atoms with Gasteiger partial charge < -0.3 is 20.5 Å². The Balaban J connectivity index is 1.48. The van der Waals surface area contributed by atoms with Crippen LogP contribution in [0.4, 0.5) is 4.39 Å². The Bertz CT molecular complexity index is 831. The summed E-state index contributed by atoms with van der Waals surface area (Å²) in [7, 11) is 0. The minimum atomic E-state index is -0.617. The van der Waals surface area contributed by atoms with Gasteiger partial charge in [0.25, 0.3) is 5.91 Å². The molecule has 3 N–H and O–H groups in total. The van der Waals surface area contributed by atoms with E-state index in [1.807, 2.05) is 30.3 Å². The Hall–Kier alpha value is -2.77. The molecule has 0 saturated carbocycles. The highest BCUT2D eigenvalue weighted by molar-refractivity contribution is 5.94. The smallest absolute Gasteiger partial charge is 0.251 e. The minimum Gasteiger partial charge on any atom is -0.394 e. The van der Waals surface area contributed by atoms with Gasteiger partial charge in [0.05, 0.1) is 25.2 Å². The first-order chi connectivity index (χ1) is 14.0. The van der Waals surface area contributed by atoms with Crippen molar-refractivity contribution < 1.29 is 23.8 Å². The third kappa shape index (κ3) is 6.10. The van der Waals surface area contributed by atoms with Gasteiger partial charge in [-0.1, -0.05) is 36.4 Å². The van der Waals surface area contributed by atoms with Crippen molar-refractivity contribution in [3.63, 3.8) is 0 Å². The van der Waals surface area contributed by atoms with Gasteiger partial charge in [0.15, 0.2) is 0 Å². The Morgan fingerprint density at radius 2 is 1.90 bits per heavy atom. The van der Waals surface area contributed by atoms with Gasteiger partial charge in [-0.25, -0.2) is 4.39 Å². The van der Waals surface area contributed by atoms with Gasteiger partial charge in [0, 0.05) is 12.1 Å². The van der Waals surface area contributed by atoms with E-state index in [-0.39, 0.29) is 30.6 Å². The zero-order valence-electron chi connectivity index (χ0n) is 16.0. The molecule has 0 radical (unpaired) electrons. The summed E-state index contributed by atoms with van der Waals surface area (Å²) in [6.07, 6.45) is 0.374. The van der Waals surface area contributed by atoms with Crippen LogP contribution in [0.2, 0.25) is 0 Å². The number of rotatable bonds is 7. The average Bonchev–Trinajstić information content (AvgIpc) is 2.74.